The fourth-order valence-corrected chi connectivity index (χ4v) is 13.4. The first kappa shape index (κ1) is 108. The van der Waals surface area contributed by atoms with Crippen LogP contribution in [0.5, 0.6) is 0 Å². The van der Waals surface area contributed by atoms with Crippen LogP contribution in [-0.2, 0) is 34.4 Å². The Kier molecular flexibility index (Phi) is 45.9. The summed E-state index contributed by atoms with van der Waals surface area (Å²) in [6, 6.07) is 48.9. The Hall–Kier alpha value is -8.45. The third kappa shape index (κ3) is 35.5. The van der Waals surface area contributed by atoms with Crippen LogP contribution in [0.1, 0.15) is 78.9 Å². The van der Waals surface area contributed by atoms with E-state index in [1.54, 1.807) is 48.5 Å². The van der Waals surface area contributed by atoms with E-state index < -0.39 is 78.9 Å². The summed E-state index contributed by atoms with van der Waals surface area (Å²) in [6.45, 7) is 19.4. The van der Waals surface area contributed by atoms with E-state index in [9.17, 15) is 71.1 Å². The minimum atomic E-state index is -4.41. The Labute approximate surface area is 830 Å². The van der Waals surface area contributed by atoms with E-state index in [4.69, 9.17) is 46.1 Å². The second kappa shape index (κ2) is 53.5. The van der Waals surface area contributed by atoms with Crippen molar-refractivity contribution in [1.29, 1.82) is 0 Å². The number of halogens is 17. The van der Waals surface area contributed by atoms with Gasteiger partial charge in [-0.05, 0) is 164 Å². The van der Waals surface area contributed by atoms with Gasteiger partial charge < -0.3 is 74.4 Å². The molecule has 8 heterocycles. The van der Waals surface area contributed by atoms with Gasteiger partial charge in [0.15, 0.2) is 0 Å². The van der Waals surface area contributed by atoms with Crippen LogP contribution in [0.2, 0.25) is 0 Å². The molecule has 4 aliphatic rings. The third-order valence-electron chi connectivity index (χ3n) is 18.2. The number of rotatable bonds is 16. The van der Waals surface area contributed by atoms with Gasteiger partial charge in [0.1, 0.15) is 29.1 Å². The van der Waals surface area contributed by atoms with Gasteiger partial charge in [0, 0.05) is 125 Å². The van der Waals surface area contributed by atoms with Crippen molar-refractivity contribution >= 4 is 130 Å². The molecule has 2 amide bonds. The molecule has 0 aliphatic carbocycles. The predicted octanol–water partition coefficient (Wildman–Crippen LogP) is 11.5. The summed E-state index contributed by atoms with van der Waals surface area (Å²) in [7, 11) is -2.34. The number of alkyl halides is 13. The molecule has 11 N–H and O–H groups in total. The number of pyridine rings is 4. The number of benzene rings is 6. The third-order valence-corrected chi connectivity index (χ3v) is 19.7. The van der Waals surface area contributed by atoms with Gasteiger partial charge in [-0.2, -0.15) is 52.7 Å². The van der Waals surface area contributed by atoms with Crippen LogP contribution < -0.4 is 166 Å². The van der Waals surface area contributed by atoms with Gasteiger partial charge in [-0.1, -0.05) is 122 Å². The van der Waals surface area contributed by atoms with Gasteiger partial charge in [-0.3, -0.25) is 18.8 Å². The van der Waals surface area contributed by atoms with E-state index in [1.807, 2.05) is 77.7 Å². The number of primary amides is 2. The quantitative estimate of drug-likeness (QED) is 0.0108. The Morgan fingerprint density at radius 1 is 0.532 bits per heavy atom. The van der Waals surface area contributed by atoms with E-state index in [-0.39, 0.29) is 148 Å². The molecule has 0 saturated carbocycles. The van der Waals surface area contributed by atoms with E-state index in [1.165, 1.54) is 36.4 Å². The summed E-state index contributed by atoms with van der Waals surface area (Å²) in [5.41, 5.74) is 14.3. The van der Waals surface area contributed by atoms with Crippen molar-refractivity contribution < 1.29 is 202 Å². The average Bonchev–Trinajstić information content (AvgIpc) is 1.57. The molecular formula is C83H82BBr3F14K2N16O7. The number of carbonyl (C=O) groups excluding carboxylic acids is 3. The number of nitrogens with zero attached hydrogens (tertiary/aromatic N) is 9. The van der Waals surface area contributed by atoms with Crippen molar-refractivity contribution in [1.82, 2.24) is 25.3 Å². The van der Waals surface area contributed by atoms with Crippen LogP contribution in [0.15, 0.2) is 220 Å². The number of anilines is 7. The van der Waals surface area contributed by atoms with Crippen molar-refractivity contribution in [3.8, 4) is 11.1 Å². The molecule has 0 unspecified atom stereocenters. The molecule has 660 valence electrons. The molecule has 10 aromatic rings. The van der Waals surface area contributed by atoms with Gasteiger partial charge in [0.25, 0.3) is 18.3 Å². The molecule has 23 nitrogen and oxygen atoms in total. The number of amides is 2. The molecule has 4 aromatic heterocycles. The van der Waals surface area contributed by atoms with Crippen molar-refractivity contribution in [2.75, 3.05) is 95.5 Å². The van der Waals surface area contributed by atoms with Crippen molar-refractivity contribution in [3.63, 3.8) is 0 Å². The van der Waals surface area contributed by atoms with Gasteiger partial charge in [0.2, 0.25) is 11.4 Å². The maximum atomic E-state index is 12.7. The second-order valence-corrected chi connectivity index (χ2v) is 29.4. The van der Waals surface area contributed by atoms with Gasteiger partial charge >= 0.3 is 135 Å². The molecule has 126 heavy (non-hydrogen) atoms. The maximum absolute atomic E-state index is 12.7. The first-order chi connectivity index (χ1) is 58.8. The molecule has 0 spiro atoms. The predicted molar refractivity (Wildman–Crippen MR) is 457 cm³/mol. The molecule has 14 rings (SSSR count). The standard InChI is InChI=1S/C23H21F3N4O.C17H16BrF3N4O.C17H14BrF3N4.C10H12F3N3.C7H3BrFN.C6H7BO2.CH3F.CH2O3.CH4.2K.H/c24-23(25,26)17-7-9-21(28-13-17)29-18-10-11-30(14-18)20-8-6-16(12-19(20)22(27)31)15-4-2-1-3-5-15;18-11-2-3-14(13(7-11)16(22)26)25-6-5-12(9-25)24-15-4-1-10(8-23-15)17(19,20)21;1-22-14-8-12(18)3-4-15(14)25-7-6-13(10-25)24-16-5-2-11(9-23-16)17(19,20)21;11-10(12,13)7-1-2-9(15-5-7)16-8-3-4-14-6-8;1-10-7-4-5(8)2-3-6(7)9;8-7(9)6-4-2-1-3-5-6;1-2;2-1-4-3;;;;/h1-9,12-13,18H,10-11,14H2,(H2,27,31)(H,28,29);1-4,7-8,12H,5-6,9H2,(H2,22,26)(H,23,24);2-5,8-9,13H,6-7,10H2,(H,23,24);1-2,5,8,14H,3-4,6H2,(H,15,16);2-4H;1-5,8-9H;1H3;1,3H;1H4;;;/q;;;;;;;;;2*+1;-1/p-1/t18-;12-;13-;8-;;;;;;;;/m0000......../s1/i;;;;;;1D;;;;;. The second-order valence-electron chi connectivity index (χ2n) is 26.7. The molecule has 4 fully saturated rings. The average molecular weight is 2010 g/mol. The van der Waals surface area contributed by atoms with Crippen molar-refractivity contribution in [2.24, 2.45) is 11.5 Å². The van der Waals surface area contributed by atoms with Crippen LogP contribution >= 0.6 is 47.8 Å². The molecule has 0 bridgehead atoms. The van der Waals surface area contributed by atoms with Gasteiger partial charge in [-0.15, -0.1) is 0 Å². The van der Waals surface area contributed by atoms with E-state index in [0.29, 0.717) is 78.3 Å². The summed E-state index contributed by atoms with van der Waals surface area (Å²) >= 11 is 9.81. The Morgan fingerprint density at radius 2 is 0.873 bits per heavy atom. The molecule has 4 aliphatic heterocycles. The zero-order chi connectivity index (χ0) is 90.9. The number of carbonyl (C=O) groups is 3. The minimum Gasteiger partial charge on any atom is -1.00 e. The summed E-state index contributed by atoms with van der Waals surface area (Å²) in [5, 5.41) is 41.3. The monoisotopic (exact) mass is 2010 g/mol. The number of nitrogens with two attached hydrogens (primary N) is 2. The topological polar surface area (TPSA) is 306 Å². The van der Waals surface area contributed by atoms with Gasteiger partial charge in [0.05, 0.1) is 55.0 Å². The van der Waals surface area contributed by atoms with Crippen LogP contribution in [0.25, 0.3) is 20.8 Å². The van der Waals surface area contributed by atoms with Crippen LogP contribution in [0.3, 0.4) is 0 Å². The van der Waals surface area contributed by atoms with Crippen LogP contribution in [0.4, 0.5) is 113 Å². The van der Waals surface area contributed by atoms with Crippen LogP contribution in [0, 0.1) is 19.0 Å². The molecule has 4 saturated heterocycles. The number of aromatic nitrogens is 4. The van der Waals surface area contributed by atoms with E-state index >= 15 is 0 Å². The first-order valence-electron chi connectivity index (χ1n) is 37.3. The van der Waals surface area contributed by atoms with E-state index in [0.717, 1.165) is 136 Å². The normalized spacial score (nSPS) is 15.4. The smallest absolute Gasteiger partial charge is 1.00 e. The fourth-order valence-electron chi connectivity index (χ4n) is 12.3. The van der Waals surface area contributed by atoms with E-state index in [2.05, 4.69) is 119 Å². The number of hydrogen-bond donors (Lipinski definition) is 9. The summed E-state index contributed by atoms with van der Waals surface area (Å²) in [5.74, 6) is 0.182. The van der Waals surface area contributed by atoms with Gasteiger partial charge in [-0.25, -0.2) is 34.0 Å². The molecule has 0 radical (unpaired) electrons. The maximum Gasteiger partial charge on any atom is 1.00 e. The Balaban J connectivity index is 0.000000403. The number of nitrogens with one attached hydrogen (secondary N) is 5. The minimum absolute atomic E-state index is 0. The molecular weight excluding hydrogens is 1930 g/mol. The molecule has 4 atom stereocenters. The molecule has 6 aromatic carbocycles. The zero-order valence-corrected chi connectivity index (χ0v) is 77.3. The van der Waals surface area contributed by atoms with Crippen molar-refractivity contribution in [2.45, 2.75) is 82.0 Å². The largest absolute Gasteiger partial charge is 1.00 e. The summed E-state index contributed by atoms with van der Waals surface area (Å²) < 4.78 is 181. The summed E-state index contributed by atoms with van der Waals surface area (Å²) in [4.78, 5) is 63.1. The molecule has 43 heteroatoms. The Morgan fingerprint density at radius 3 is 1.20 bits per heavy atom. The van der Waals surface area contributed by atoms with Crippen LogP contribution in [-0.4, -0.2) is 139 Å². The Bertz CT molecular complexity index is 5160. The fraction of sp³-hybridized carbons (Fsp3) is 0.265. The first-order valence-corrected chi connectivity index (χ1v) is 38.9. The number of hydrogen-bond acceptors (Lipinski definition) is 19. The zero-order valence-electron chi connectivity index (χ0n) is 68.3. The SMILES string of the molecule is C.FC(F)(F)c1ccc(N[C@H]2CCNC2)nc1.NC(=O)c1cc(-c2ccccc2)ccc1N1CC[C@H](Nc2ccc(C(F)(F)F)cn2)C1.NC(=O)c1cc(Br)ccc1N1CC[C@H](Nc2ccc(C(F)(F)F)cn2)C1.O=CO[O-].OB(O)c1ccccc1.[2H]CF.[C-]#[N+]c1cc(Br)ccc1F.[C-]#[N+]c1cc(Br)ccc1N1CC[C@H](Nc2ccc(C(F)(F)F)cn2)C1.[H-].[K+].[K+]. The summed E-state index contributed by atoms with van der Waals surface area (Å²) in [6.07, 6.45) is -10.9. The van der Waals surface area contributed by atoms with Crippen molar-refractivity contribution in [3.05, 3.63) is 282 Å².